The van der Waals surface area contributed by atoms with Gasteiger partial charge in [-0.15, -0.1) is 0 Å². The Balaban J connectivity index is 2.43. The highest BCUT2D eigenvalue weighted by molar-refractivity contribution is 9.10. The summed E-state index contributed by atoms with van der Waals surface area (Å²) < 4.78 is 3.25. The zero-order valence-corrected chi connectivity index (χ0v) is 9.25. The van der Waals surface area contributed by atoms with Crippen LogP contribution in [-0.2, 0) is 0 Å². The van der Waals surface area contributed by atoms with Gasteiger partial charge in [0, 0.05) is 16.4 Å². The van der Waals surface area contributed by atoms with Crippen molar-refractivity contribution < 1.29 is 5.11 Å². The first-order chi connectivity index (χ1) is 6.09. The van der Waals surface area contributed by atoms with Gasteiger partial charge in [0.25, 0.3) is 0 Å². The molecule has 3 heteroatoms. The molecule has 0 saturated heterocycles. The van der Waals surface area contributed by atoms with Crippen LogP contribution < -0.4 is 0 Å². The first kappa shape index (κ1) is 9.03. The van der Waals surface area contributed by atoms with Crippen LogP contribution in [0.1, 0.15) is 25.6 Å². The number of nitrogens with zero attached hydrogens (tertiary/aromatic N) is 1. The van der Waals surface area contributed by atoms with Crippen molar-refractivity contribution >= 4 is 22.0 Å². The van der Waals surface area contributed by atoms with Gasteiger partial charge >= 0.3 is 0 Å². The van der Waals surface area contributed by atoms with Crippen LogP contribution in [0.15, 0.2) is 22.3 Å². The van der Waals surface area contributed by atoms with Crippen molar-refractivity contribution in [3.8, 4) is 0 Å². The lowest BCUT2D eigenvalue weighted by atomic mass is 10.1. The van der Waals surface area contributed by atoms with E-state index in [0.717, 1.165) is 15.7 Å². The third-order valence-corrected chi connectivity index (χ3v) is 2.98. The molecule has 0 aromatic carbocycles. The molecule has 0 bridgehead atoms. The highest BCUT2D eigenvalue weighted by Crippen LogP contribution is 2.34. The first-order valence-electron chi connectivity index (χ1n) is 4.36. The Bertz CT molecular complexity index is 365. The van der Waals surface area contributed by atoms with Gasteiger partial charge in [0.2, 0.25) is 0 Å². The summed E-state index contributed by atoms with van der Waals surface area (Å²) in [6.45, 7) is 3.91. The molecule has 0 radical (unpaired) electrons. The predicted octanol–water partition coefficient (Wildman–Crippen LogP) is 2.59. The quantitative estimate of drug-likeness (QED) is 0.804. The van der Waals surface area contributed by atoms with E-state index in [2.05, 4.69) is 39.6 Å². The molecular formula is C10H12BrNO. The molecule has 0 amide bonds. The zero-order valence-electron chi connectivity index (χ0n) is 7.66. The van der Waals surface area contributed by atoms with Crippen molar-refractivity contribution in [3.05, 3.63) is 28.0 Å². The summed E-state index contributed by atoms with van der Waals surface area (Å²) in [5.74, 6) is 0. The number of aromatic nitrogens is 1. The second-order valence-corrected chi connectivity index (χ2v) is 4.40. The summed E-state index contributed by atoms with van der Waals surface area (Å²) >= 11 is 3.43. The monoisotopic (exact) mass is 241 g/mol. The van der Waals surface area contributed by atoms with Gasteiger partial charge in [-0.05, 0) is 47.5 Å². The number of hydrogen-bond acceptors (Lipinski definition) is 1. The van der Waals surface area contributed by atoms with Gasteiger partial charge in [-0.2, -0.15) is 0 Å². The smallest absolute Gasteiger partial charge is 0.0745 e. The summed E-state index contributed by atoms with van der Waals surface area (Å²) in [6, 6.07) is 2.34. The molecule has 0 fully saturated rings. The van der Waals surface area contributed by atoms with E-state index in [1.165, 1.54) is 0 Å². The highest BCUT2D eigenvalue weighted by atomic mass is 79.9. The van der Waals surface area contributed by atoms with Crippen LogP contribution in [0.5, 0.6) is 0 Å². The van der Waals surface area contributed by atoms with Crippen LogP contribution in [0.4, 0.5) is 0 Å². The van der Waals surface area contributed by atoms with E-state index in [0.29, 0.717) is 0 Å². The Labute approximate surface area is 86.0 Å². The standard InChI is InChI=1S/C10H12BrNO/c1-6-10(7(2)13)4-9-3-8(11)5-12(6)9/h3-7,13H,1-2H3/t6?,7-/m0/s1. The van der Waals surface area contributed by atoms with Crippen LogP contribution in [-0.4, -0.2) is 15.8 Å². The molecule has 2 nitrogen and oxygen atoms in total. The SMILES string of the molecule is CC1C([C@H](C)O)=Cc2cc(Br)cn21. The maximum absolute atomic E-state index is 9.49. The lowest BCUT2D eigenvalue weighted by molar-refractivity contribution is 0.222. The maximum atomic E-state index is 9.49. The molecule has 2 heterocycles. The fourth-order valence-electron chi connectivity index (χ4n) is 1.83. The van der Waals surface area contributed by atoms with Crippen LogP contribution >= 0.6 is 15.9 Å². The highest BCUT2D eigenvalue weighted by Gasteiger charge is 2.23. The minimum atomic E-state index is -0.353. The number of rotatable bonds is 1. The van der Waals surface area contributed by atoms with Gasteiger partial charge in [0.15, 0.2) is 0 Å². The molecule has 0 saturated carbocycles. The molecule has 1 aromatic rings. The van der Waals surface area contributed by atoms with Crippen molar-refractivity contribution in [3.63, 3.8) is 0 Å². The van der Waals surface area contributed by atoms with E-state index >= 15 is 0 Å². The molecule has 1 N–H and O–H groups in total. The predicted molar refractivity (Wildman–Crippen MR) is 56.5 cm³/mol. The van der Waals surface area contributed by atoms with Crippen molar-refractivity contribution in [1.82, 2.24) is 4.57 Å². The average Bonchev–Trinajstić information content (AvgIpc) is 2.51. The molecule has 1 aliphatic rings. The van der Waals surface area contributed by atoms with Gasteiger partial charge in [0.1, 0.15) is 0 Å². The first-order valence-corrected chi connectivity index (χ1v) is 5.16. The summed E-state index contributed by atoms with van der Waals surface area (Å²) in [7, 11) is 0. The van der Waals surface area contributed by atoms with Gasteiger partial charge < -0.3 is 9.67 Å². The Morgan fingerprint density at radius 1 is 1.62 bits per heavy atom. The van der Waals surface area contributed by atoms with E-state index < -0.39 is 0 Å². The van der Waals surface area contributed by atoms with E-state index in [1.54, 1.807) is 0 Å². The molecular weight excluding hydrogens is 230 g/mol. The van der Waals surface area contributed by atoms with E-state index in [1.807, 2.05) is 13.1 Å². The topological polar surface area (TPSA) is 25.2 Å². The minimum Gasteiger partial charge on any atom is -0.389 e. The third kappa shape index (κ3) is 1.36. The van der Waals surface area contributed by atoms with Crippen LogP contribution in [0.25, 0.3) is 6.08 Å². The van der Waals surface area contributed by atoms with Crippen molar-refractivity contribution in [2.75, 3.05) is 0 Å². The van der Waals surface area contributed by atoms with Crippen LogP contribution in [0.2, 0.25) is 0 Å². The van der Waals surface area contributed by atoms with Crippen LogP contribution in [0, 0.1) is 0 Å². The Hall–Kier alpha value is -0.540. The largest absolute Gasteiger partial charge is 0.389 e. The average molecular weight is 242 g/mol. The summed E-state index contributed by atoms with van der Waals surface area (Å²) in [5, 5.41) is 9.49. The molecule has 70 valence electrons. The van der Waals surface area contributed by atoms with Gasteiger partial charge in [-0.3, -0.25) is 0 Å². The van der Waals surface area contributed by atoms with Gasteiger partial charge in [-0.1, -0.05) is 0 Å². The van der Waals surface area contributed by atoms with E-state index in [-0.39, 0.29) is 12.1 Å². The number of aliphatic hydroxyl groups is 1. The van der Waals surface area contributed by atoms with Crippen molar-refractivity contribution in [1.29, 1.82) is 0 Å². The lowest BCUT2D eigenvalue weighted by Crippen LogP contribution is -2.11. The maximum Gasteiger partial charge on any atom is 0.0745 e. The molecule has 0 spiro atoms. The zero-order chi connectivity index (χ0) is 9.59. The molecule has 0 aliphatic carbocycles. The molecule has 2 rings (SSSR count). The summed E-state index contributed by atoms with van der Waals surface area (Å²) in [6.07, 6.45) is 3.75. The van der Waals surface area contributed by atoms with Gasteiger partial charge in [-0.25, -0.2) is 0 Å². The van der Waals surface area contributed by atoms with E-state index in [4.69, 9.17) is 0 Å². The Morgan fingerprint density at radius 3 is 2.85 bits per heavy atom. The molecule has 1 aliphatic heterocycles. The summed E-state index contributed by atoms with van der Waals surface area (Å²) in [4.78, 5) is 0. The van der Waals surface area contributed by atoms with E-state index in [9.17, 15) is 5.11 Å². The van der Waals surface area contributed by atoms with Crippen molar-refractivity contribution in [2.45, 2.75) is 26.0 Å². The van der Waals surface area contributed by atoms with Crippen LogP contribution in [0.3, 0.4) is 0 Å². The number of aliphatic hydroxyl groups excluding tert-OH is 1. The Morgan fingerprint density at radius 2 is 2.31 bits per heavy atom. The third-order valence-electron chi connectivity index (χ3n) is 2.54. The second-order valence-electron chi connectivity index (χ2n) is 3.49. The molecule has 13 heavy (non-hydrogen) atoms. The number of fused-ring (bicyclic) bond motifs is 1. The normalized spacial score (nSPS) is 22.8. The molecule has 1 unspecified atom stereocenters. The minimum absolute atomic E-state index is 0.279. The summed E-state index contributed by atoms with van der Waals surface area (Å²) in [5.41, 5.74) is 2.25. The second kappa shape index (κ2) is 3.00. The lowest BCUT2D eigenvalue weighted by Gasteiger charge is -2.14. The fraction of sp³-hybridized carbons (Fsp3) is 0.400. The fourth-order valence-corrected chi connectivity index (χ4v) is 2.29. The van der Waals surface area contributed by atoms with Gasteiger partial charge in [0.05, 0.1) is 12.1 Å². The Kier molecular flexibility index (Phi) is 2.08. The molecule has 2 atom stereocenters. The number of hydrogen-bond donors (Lipinski definition) is 1. The van der Waals surface area contributed by atoms with Crippen molar-refractivity contribution in [2.24, 2.45) is 0 Å². The molecule has 1 aromatic heterocycles. The number of halogens is 1.